The van der Waals surface area contributed by atoms with Gasteiger partial charge in [-0.15, -0.1) is 10.2 Å². The molecular formula is C21H25N3O2S. The van der Waals surface area contributed by atoms with Crippen molar-refractivity contribution in [3.8, 4) is 11.4 Å². The van der Waals surface area contributed by atoms with E-state index in [9.17, 15) is 4.79 Å². The van der Waals surface area contributed by atoms with Crippen LogP contribution in [0.25, 0.3) is 11.4 Å². The minimum atomic E-state index is 0.0994. The Morgan fingerprint density at radius 1 is 1.19 bits per heavy atom. The first-order chi connectivity index (χ1) is 13.0. The number of thioether (sulfide) groups is 1. The van der Waals surface area contributed by atoms with Crippen molar-refractivity contribution in [1.29, 1.82) is 0 Å². The van der Waals surface area contributed by atoms with Gasteiger partial charge in [0.2, 0.25) is 0 Å². The zero-order chi connectivity index (χ0) is 19.4. The van der Waals surface area contributed by atoms with Crippen molar-refractivity contribution in [1.82, 2.24) is 14.8 Å². The fourth-order valence-electron chi connectivity index (χ4n) is 2.94. The first kappa shape index (κ1) is 19.4. The summed E-state index contributed by atoms with van der Waals surface area (Å²) in [6, 6.07) is 9.86. The van der Waals surface area contributed by atoms with Gasteiger partial charge in [0.25, 0.3) is 0 Å². The molecule has 142 valence electrons. The Kier molecular flexibility index (Phi) is 6.16. The van der Waals surface area contributed by atoms with Gasteiger partial charge in [0, 0.05) is 12.1 Å². The normalized spacial score (nSPS) is 12.3. The minimum absolute atomic E-state index is 0.0994. The molecule has 0 aliphatic heterocycles. The quantitative estimate of drug-likeness (QED) is 0.387. The summed E-state index contributed by atoms with van der Waals surface area (Å²) in [7, 11) is 0. The molecule has 27 heavy (non-hydrogen) atoms. The number of aromatic nitrogens is 3. The maximum atomic E-state index is 12.6. The summed E-state index contributed by atoms with van der Waals surface area (Å²) in [5.74, 6) is 2.53. The number of hydrogen-bond acceptors (Lipinski definition) is 5. The number of ketones is 1. The molecule has 0 spiro atoms. The van der Waals surface area contributed by atoms with E-state index in [0.29, 0.717) is 11.7 Å². The summed E-state index contributed by atoms with van der Waals surface area (Å²) in [6.45, 7) is 9.05. The number of rotatable bonds is 8. The number of nitrogens with zero attached hydrogens (tertiary/aromatic N) is 3. The molecule has 0 fully saturated rings. The number of hydrogen-bond donors (Lipinski definition) is 0. The van der Waals surface area contributed by atoms with Gasteiger partial charge in [-0.25, -0.2) is 0 Å². The van der Waals surface area contributed by atoms with Crippen LogP contribution in [0.3, 0.4) is 0 Å². The average molecular weight is 384 g/mol. The molecule has 2 heterocycles. The maximum Gasteiger partial charge on any atom is 0.191 e. The van der Waals surface area contributed by atoms with Crippen LogP contribution in [-0.4, -0.2) is 26.3 Å². The number of carbonyl (C=O) groups is 1. The van der Waals surface area contributed by atoms with E-state index in [2.05, 4.69) is 36.2 Å². The fraction of sp³-hybridized carbons (Fsp3) is 0.381. The topological polar surface area (TPSA) is 60.9 Å². The number of carbonyl (C=O) groups excluding carboxylic acids is 1. The van der Waals surface area contributed by atoms with Crippen LogP contribution in [0.1, 0.15) is 54.8 Å². The van der Waals surface area contributed by atoms with Gasteiger partial charge in [-0.3, -0.25) is 4.79 Å². The van der Waals surface area contributed by atoms with Crippen molar-refractivity contribution >= 4 is 17.5 Å². The molecule has 0 N–H and O–H groups in total. The van der Waals surface area contributed by atoms with Crippen molar-refractivity contribution in [2.45, 2.75) is 51.7 Å². The van der Waals surface area contributed by atoms with Crippen molar-refractivity contribution in [3.05, 3.63) is 53.5 Å². The summed E-state index contributed by atoms with van der Waals surface area (Å²) in [5.41, 5.74) is 2.94. The van der Waals surface area contributed by atoms with Gasteiger partial charge in [-0.2, -0.15) is 0 Å². The molecule has 1 atom stereocenters. The molecule has 1 aromatic carbocycles. The molecule has 0 saturated heterocycles. The second-order valence-corrected chi connectivity index (χ2v) is 7.53. The second-order valence-electron chi connectivity index (χ2n) is 6.58. The van der Waals surface area contributed by atoms with E-state index < -0.39 is 0 Å². The van der Waals surface area contributed by atoms with Crippen LogP contribution < -0.4 is 0 Å². The SMILES string of the molecule is CCC(C)c1ccc(C(=O)CSc2nnc(-c3ccoc3C)n2CC)cc1. The zero-order valence-electron chi connectivity index (χ0n) is 16.2. The summed E-state index contributed by atoms with van der Waals surface area (Å²) in [4.78, 5) is 12.6. The molecule has 3 rings (SSSR count). The Bertz CT molecular complexity index is 912. The first-order valence-corrected chi connectivity index (χ1v) is 10.3. The summed E-state index contributed by atoms with van der Waals surface area (Å²) in [5, 5.41) is 9.33. The number of furan rings is 1. The lowest BCUT2D eigenvalue weighted by atomic mass is 9.97. The average Bonchev–Trinajstić information content (AvgIpc) is 3.30. The summed E-state index contributed by atoms with van der Waals surface area (Å²) >= 11 is 1.42. The van der Waals surface area contributed by atoms with E-state index in [4.69, 9.17) is 4.42 Å². The van der Waals surface area contributed by atoms with E-state index in [1.54, 1.807) is 6.26 Å². The number of aryl methyl sites for hydroxylation is 1. The third-order valence-electron chi connectivity index (χ3n) is 4.88. The molecule has 2 aromatic heterocycles. The van der Waals surface area contributed by atoms with Crippen molar-refractivity contribution in [3.63, 3.8) is 0 Å². The molecule has 0 aliphatic rings. The van der Waals surface area contributed by atoms with E-state index in [-0.39, 0.29) is 5.78 Å². The molecule has 6 heteroatoms. The minimum Gasteiger partial charge on any atom is -0.469 e. The highest BCUT2D eigenvalue weighted by Crippen LogP contribution is 2.27. The lowest BCUT2D eigenvalue weighted by molar-refractivity contribution is 0.102. The van der Waals surface area contributed by atoms with Crippen LogP contribution in [0.2, 0.25) is 0 Å². The Morgan fingerprint density at radius 3 is 2.52 bits per heavy atom. The van der Waals surface area contributed by atoms with Crippen LogP contribution in [-0.2, 0) is 6.54 Å². The fourth-order valence-corrected chi connectivity index (χ4v) is 3.84. The van der Waals surface area contributed by atoms with E-state index in [1.807, 2.05) is 36.6 Å². The van der Waals surface area contributed by atoms with E-state index in [0.717, 1.165) is 40.8 Å². The highest BCUT2D eigenvalue weighted by atomic mass is 32.2. The third-order valence-corrected chi connectivity index (χ3v) is 5.85. The van der Waals surface area contributed by atoms with Gasteiger partial charge in [-0.1, -0.05) is 49.9 Å². The van der Waals surface area contributed by atoms with Crippen LogP contribution in [0.15, 0.2) is 46.2 Å². The standard InChI is InChI=1S/C21H25N3O2S/c1-5-14(3)16-7-9-17(10-8-16)19(25)13-27-21-23-22-20(24(21)6-2)18-11-12-26-15(18)4/h7-12,14H,5-6,13H2,1-4H3. The molecule has 0 bridgehead atoms. The molecule has 1 unspecified atom stereocenters. The Balaban J connectivity index is 1.70. The Labute approximate surface area is 164 Å². The molecule has 5 nitrogen and oxygen atoms in total. The first-order valence-electron chi connectivity index (χ1n) is 9.28. The molecule has 0 saturated carbocycles. The highest BCUT2D eigenvalue weighted by Gasteiger charge is 2.17. The predicted octanol–water partition coefficient (Wildman–Crippen LogP) is 5.35. The molecule has 0 amide bonds. The van der Waals surface area contributed by atoms with Gasteiger partial charge in [0.1, 0.15) is 5.76 Å². The molecule has 0 radical (unpaired) electrons. The molecule has 3 aromatic rings. The molecular weight excluding hydrogens is 358 g/mol. The van der Waals surface area contributed by atoms with Crippen LogP contribution >= 0.6 is 11.8 Å². The van der Waals surface area contributed by atoms with Crippen molar-refractivity contribution in [2.75, 3.05) is 5.75 Å². The Morgan fingerprint density at radius 2 is 1.93 bits per heavy atom. The summed E-state index contributed by atoms with van der Waals surface area (Å²) in [6.07, 6.45) is 2.74. The monoisotopic (exact) mass is 383 g/mol. The van der Waals surface area contributed by atoms with Gasteiger partial charge in [-0.05, 0) is 37.8 Å². The van der Waals surface area contributed by atoms with Gasteiger partial charge < -0.3 is 8.98 Å². The number of benzene rings is 1. The lowest BCUT2D eigenvalue weighted by Gasteiger charge is -2.09. The lowest BCUT2D eigenvalue weighted by Crippen LogP contribution is -2.05. The van der Waals surface area contributed by atoms with Crippen LogP contribution in [0, 0.1) is 6.92 Å². The third kappa shape index (κ3) is 4.16. The van der Waals surface area contributed by atoms with Gasteiger partial charge in [0.05, 0.1) is 17.6 Å². The smallest absolute Gasteiger partial charge is 0.191 e. The van der Waals surface area contributed by atoms with E-state index in [1.165, 1.54) is 17.3 Å². The summed E-state index contributed by atoms with van der Waals surface area (Å²) < 4.78 is 7.39. The maximum absolute atomic E-state index is 12.6. The van der Waals surface area contributed by atoms with Gasteiger partial charge >= 0.3 is 0 Å². The van der Waals surface area contributed by atoms with Crippen molar-refractivity contribution < 1.29 is 9.21 Å². The molecule has 0 aliphatic carbocycles. The predicted molar refractivity (Wildman–Crippen MR) is 108 cm³/mol. The Hall–Kier alpha value is -2.34. The largest absolute Gasteiger partial charge is 0.469 e. The van der Waals surface area contributed by atoms with Crippen LogP contribution in [0.5, 0.6) is 0 Å². The number of Topliss-reactive ketones (excluding diaryl/α,β-unsaturated/α-hetero) is 1. The van der Waals surface area contributed by atoms with E-state index >= 15 is 0 Å². The van der Waals surface area contributed by atoms with Crippen LogP contribution in [0.4, 0.5) is 0 Å². The van der Waals surface area contributed by atoms with Gasteiger partial charge in [0.15, 0.2) is 16.8 Å². The van der Waals surface area contributed by atoms with Crippen molar-refractivity contribution in [2.24, 2.45) is 0 Å². The second kappa shape index (κ2) is 8.57. The zero-order valence-corrected chi connectivity index (χ0v) is 17.0. The highest BCUT2D eigenvalue weighted by molar-refractivity contribution is 7.99.